The largest absolute Gasteiger partial charge is 0.496 e. The molecule has 0 fully saturated rings. The van der Waals surface area contributed by atoms with Crippen LogP contribution >= 0.6 is 0 Å². The second kappa shape index (κ2) is 4.00. The molecule has 0 bridgehead atoms. The van der Waals surface area contributed by atoms with Crippen LogP contribution in [0.15, 0.2) is 28.9 Å². The Bertz CT molecular complexity index is 453. The molecule has 0 saturated heterocycles. The van der Waals surface area contributed by atoms with Crippen molar-refractivity contribution in [2.45, 2.75) is 6.42 Å². The number of benzene rings is 1. The van der Waals surface area contributed by atoms with Crippen molar-refractivity contribution in [3.63, 3.8) is 0 Å². The van der Waals surface area contributed by atoms with E-state index in [2.05, 4.69) is 14.9 Å². The van der Waals surface area contributed by atoms with E-state index in [0.29, 0.717) is 17.9 Å². The summed E-state index contributed by atoms with van der Waals surface area (Å²) >= 11 is 0. The fraction of sp³-hybridized carbons (Fsp3) is 0.200. The fourth-order valence-corrected chi connectivity index (χ4v) is 1.37. The van der Waals surface area contributed by atoms with Crippen LogP contribution in [0.4, 0.5) is 5.82 Å². The van der Waals surface area contributed by atoms with Crippen molar-refractivity contribution in [1.82, 2.24) is 10.3 Å². The maximum absolute atomic E-state index is 5.57. The van der Waals surface area contributed by atoms with Crippen LogP contribution in [0.2, 0.25) is 0 Å². The molecule has 0 spiro atoms. The highest BCUT2D eigenvalue weighted by molar-refractivity contribution is 5.41. The van der Waals surface area contributed by atoms with E-state index in [1.807, 2.05) is 24.3 Å². The molecule has 5 nitrogen and oxygen atoms in total. The van der Waals surface area contributed by atoms with Gasteiger partial charge in [-0.05, 0) is 11.2 Å². The molecule has 5 heteroatoms. The van der Waals surface area contributed by atoms with Gasteiger partial charge in [0, 0.05) is 12.0 Å². The van der Waals surface area contributed by atoms with Crippen molar-refractivity contribution in [1.29, 1.82) is 0 Å². The number of nitrogen functional groups attached to an aromatic ring is 1. The van der Waals surface area contributed by atoms with Crippen molar-refractivity contribution in [2.24, 2.45) is 0 Å². The summed E-state index contributed by atoms with van der Waals surface area (Å²) in [4.78, 5) is 0. The first kappa shape index (κ1) is 9.51. The second-order valence-electron chi connectivity index (χ2n) is 3.08. The summed E-state index contributed by atoms with van der Waals surface area (Å²) in [7, 11) is 1.63. The molecular weight excluding hydrogens is 194 g/mol. The molecule has 15 heavy (non-hydrogen) atoms. The number of ether oxygens (including phenoxy) is 1. The number of hydrogen-bond donors (Lipinski definition) is 1. The summed E-state index contributed by atoms with van der Waals surface area (Å²) in [5.41, 5.74) is 7.20. The van der Waals surface area contributed by atoms with E-state index in [0.717, 1.165) is 11.3 Å². The molecule has 1 aromatic carbocycles. The Hall–Kier alpha value is -2.04. The minimum absolute atomic E-state index is 0.320. The molecule has 1 aromatic heterocycles. The standard InChI is InChI=1S/C10H11N3O2/c1-14-9-5-3-2-4-7(9)6-8-10(11)13-15-12-8/h2-5H,6H2,1H3,(H2,11,13). The van der Waals surface area contributed by atoms with E-state index in [9.17, 15) is 0 Å². The van der Waals surface area contributed by atoms with Gasteiger partial charge in [0.2, 0.25) is 0 Å². The van der Waals surface area contributed by atoms with Crippen LogP contribution in [-0.4, -0.2) is 17.4 Å². The number of nitrogens with zero attached hydrogens (tertiary/aromatic N) is 2. The van der Waals surface area contributed by atoms with Gasteiger partial charge in [-0.15, -0.1) is 0 Å². The summed E-state index contributed by atoms with van der Waals surface area (Å²) in [6, 6.07) is 7.68. The van der Waals surface area contributed by atoms with Gasteiger partial charge in [0.15, 0.2) is 5.82 Å². The number of anilines is 1. The maximum Gasteiger partial charge on any atom is 0.191 e. The third-order valence-corrected chi connectivity index (χ3v) is 2.14. The van der Waals surface area contributed by atoms with E-state index in [1.165, 1.54) is 0 Å². The molecule has 0 radical (unpaired) electrons. The lowest BCUT2D eigenvalue weighted by atomic mass is 10.1. The Morgan fingerprint density at radius 3 is 2.80 bits per heavy atom. The second-order valence-corrected chi connectivity index (χ2v) is 3.08. The average Bonchev–Trinajstić information content (AvgIpc) is 2.65. The van der Waals surface area contributed by atoms with Gasteiger partial charge in [0.05, 0.1) is 7.11 Å². The van der Waals surface area contributed by atoms with E-state index in [4.69, 9.17) is 10.5 Å². The SMILES string of the molecule is COc1ccccc1Cc1nonc1N. The third kappa shape index (κ3) is 1.90. The summed E-state index contributed by atoms with van der Waals surface area (Å²) in [5.74, 6) is 1.13. The van der Waals surface area contributed by atoms with Gasteiger partial charge in [-0.25, -0.2) is 4.63 Å². The van der Waals surface area contributed by atoms with Gasteiger partial charge < -0.3 is 10.5 Å². The first-order chi connectivity index (χ1) is 7.31. The van der Waals surface area contributed by atoms with Crippen LogP contribution in [0.25, 0.3) is 0 Å². The zero-order valence-electron chi connectivity index (χ0n) is 8.30. The van der Waals surface area contributed by atoms with Gasteiger partial charge in [0.25, 0.3) is 0 Å². The van der Waals surface area contributed by atoms with Gasteiger partial charge in [-0.3, -0.25) is 0 Å². The van der Waals surface area contributed by atoms with Gasteiger partial charge >= 0.3 is 0 Å². The van der Waals surface area contributed by atoms with E-state index < -0.39 is 0 Å². The number of methoxy groups -OCH3 is 1. The zero-order valence-corrected chi connectivity index (χ0v) is 8.30. The average molecular weight is 205 g/mol. The van der Waals surface area contributed by atoms with Crippen molar-refractivity contribution in [3.05, 3.63) is 35.5 Å². The Morgan fingerprint density at radius 1 is 1.33 bits per heavy atom. The van der Waals surface area contributed by atoms with Crippen molar-refractivity contribution in [3.8, 4) is 5.75 Å². The molecular formula is C10H11N3O2. The molecule has 2 N–H and O–H groups in total. The highest BCUT2D eigenvalue weighted by Crippen LogP contribution is 2.21. The lowest BCUT2D eigenvalue weighted by Crippen LogP contribution is -1.97. The highest BCUT2D eigenvalue weighted by Gasteiger charge is 2.09. The number of nitrogens with two attached hydrogens (primary N) is 1. The van der Waals surface area contributed by atoms with E-state index in [-0.39, 0.29) is 0 Å². The molecule has 0 aliphatic carbocycles. The van der Waals surface area contributed by atoms with Crippen LogP contribution in [0.3, 0.4) is 0 Å². The number of rotatable bonds is 3. The molecule has 0 unspecified atom stereocenters. The maximum atomic E-state index is 5.57. The number of hydrogen-bond acceptors (Lipinski definition) is 5. The quantitative estimate of drug-likeness (QED) is 0.816. The Labute approximate surface area is 86.8 Å². The van der Waals surface area contributed by atoms with E-state index >= 15 is 0 Å². The van der Waals surface area contributed by atoms with E-state index in [1.54, 1.807) is 7.11 Å². The highest BCUT2D eigenvalue weighted by atomic mass is 16.6. The molecule has 0 saturated carbocycles. The molecule has 0 aliphatic heterocycles. The molecule has 0 atom stereocenters. The third-order valence-electron chi connectivity index (χ3n) is 2.14. The van der Waals surface area contributed by atoms with Crippen LogP contribution in [0, 0.1) is 0 Å². The molecule has 0 amide bonds. The van der Waals surface area contributed by atoms with Crippen molar-refractivity contribution >= 4 is 5.82 Å². The molecule has 0 aliphatic rings. The summed E-state index contributed by atoms with van der Waals surface area (Å²) < 4.78 is 9.74. The molecule has 1 heterocycles. The summed E-state index contributed by atoms with van der Waals surface area (Å²) in [6.45, 7) is 0. The minimum atomic E-state index is 0.320. The summed E-state index contributed by atoms with van der Waals surface area (Å²) in [6.07, 6.45) is 0.555. The van der Waals surface area contributed by atoms with Crippen molar-refractivity contribution < 1.29 is 9.37 Å². The fourth-order valence-electron chi connectivity index (χ4n) is 1.37. The van der Waals surface area contributed by atoms with Crippen LogP contribution in [0.1, 0.15) is 11.3 Å². The Balaban J connectivity index is 2.28. The summed E-state index contributed by atoms with van der Waals surface area (Å²) in [5, 5.41) is 7.24. The molecule has 78 valence electrons. The number of aromatic nitrogens is 2. The normalized spacial score (nSPS) is 10.2. The zero-order chi connectivity index (χ0) is 10.7. The predicted molar refractivity (Wildman–Crippen MR) is 54.5 cm³/mol. The molecule has 2 rings (SSSR count). The lowest BCUT2D eigenvalue weighted by molar-refractivity contribution is 0.305. The van der Waals surface area contributed by atoms with Crippen LogP contribution in [-0.2, 0) is 6.42 Å². The van der Waals surface area contributed by atoms with Crippen molar-refractivity contribution in [2.75, 3.05) is 12.8 Å². The minimum Gasteiger partial charge on any atom is -0.496 e. The van der Waals surface area contributed by atoms with Gasteiger partial charge in [-0.1, -0.05) is 23.4 Å². The van der Waals surface area contributed by atoms with Crippen LogP contribution in [0.5, 0.6) is 5.75 Å². The monoisotopic (exact) mass is 205 g/mol. The Kier molecular flexibility index (Phi) is 2.53. The smallest absolute Gasteiger partial charge is 0.191 e. The number of para-hydroxylation sites is 1. The first-order valence-electron chi connectivity index (χ1n) is 4.50. The topological polar surface area (TPSA) is 74.2 Å². The lowest BCUT2D eigenvalue weighted by Gasteiger charge is -2.05. The first-order valence-corrected chi connectivity index (χ1v) is 4.50. The van der Waals surface area contributed by atoms with Gasteiger partial charge in [-0.2, -0.15) is 0 Å². The van der Waals surface area contributed by atoms with Crippen LogP contribution < -0.4 is 10.5 Å². The van der Waals surface area contributed by atoms with Gasteiger partial charge in [0.1, 0.15) is 11.4 Å². The Morgan fingerprint density at radius 2 is 2.13 bits per heavy atom. The molecule has 2 aromatic rings. The predicted octanol–water partition coefficient (Wildman–Crippen LogP) is 1.25.